The number of pyridine rings is 1. The van der Waals surface area contributed by atoms with Crippen LogP contribution < -0.4 is 9.47 Å². The molecule has 2 amide bonds. The maximum absolute atomic E-state index is 15.0. The first kappa shape index (κ1) is 42.7. The zero-order valence-electron chi connectivity index (χ0n) is 32.1. The minimum Gasteiger partial charge on any atom is -0.493 e. The first-order valence-corrected chi connectivity index (χ1v) is 19.6. The summed E-state index contributed by atoms with van der Waals surface area (Å²) in [6.07, 6.45) is -4.01. The molecular weight excluding hydrogens is 772 g/mol. The number of carboxylic acid groups (broad SMARTS) is 1. The van der Waals surface area contributed by atoms with Crippen LogP contribution in [0, 0.1) is 5.41 Å². The van der Waals surface area contributed by atoms with Gasteiger partial charge in [0.25, 0.3) is 11.8 Å². The van der Waals surface area contributed by atoms with Gasteiger partial charge in [0, 0.05) is 44.0 Å². The molecular formula is C42H47F6N3O7. The van der Waals surface area contributed by atoms with Crippen LogP contribution in [0.3, 0.4) is 0 Å². The Morgan fingerprint density at radius 1 is 0.879 bits per heavy atom. The third-order valence-corrected chi connectivity index (χ3v) is 12.0. The number of piperidine rings is 2. The van der Waals surface area contributed by atoms with Crippen molar-refractivity contribution in [3.8, 4) is 11.5 Å². The molecule has 2 aliphatic heterocycles. The van der Waals surface area contributed by atoms with E-state index in [0.29, 0.717) is 49.5 Å². The number of carbonyl (C=O) groups is 3. The van der Waals surface area contributed by atoms with Gasteiger partial charge in [0.2, 0.25) is 5.60 Å². The van der Waals surface area contributed by atoms with Gasteiger partial charge in [-0.1, -0.05) is 38.0 Å². The molecule has 1 aromatic heterocycles. The highest BCUT2D eigenvalue weighted by Crippen LogP contribution is 2.46. The van der Waals surface area contributed by atoms with Gasteiger partial charge in [-0.3, -0.25) is 19.4 Å². The number of carbonyl (C=O) groups excluding carboxylic acids is 2. The smallest absolute Gasteiger partial charge is 0.417 e. The molecule has 58 heavy (non-hydrogen) atoms. The third kappa shape index (κ3) is 8.62. The quantitative estimate of drug-likeness (QED) is 0.130. The summed E-state index contributed by atoms with van der Waals surface area (Å²) in [7, 11) is 0. The van der Waals surface area contributed by atoms with Gasteiger partial charge < -0.3 is 29.5 Å². The summed E-state index contributed by atoms with van der Waals surface area (Å²) in [4.78, 5) is 47.4. The first-order chi connectivity index (χ1) is 27.4. The molecule has 3 fully saturated rings. The largest absolute Gasteiger partial charge is 0.493 e. The van der Waals surface area contributed by atoms with E-state index in [1.807, 2.05) is 0 Å². The molecule has 6 rings (SSSR count). The number of aliphatic hydroxyl groups is 1. The fraction of sp³-hybridized carbons (Fsp3) is 0.524. The molecule has 0 bridgehead atoms. The lowest BCUT2D eigenvalue weighted by atomic mass is 9.66. The molecule has 2 atom stereocenters. The molecule has 0 radical (unpaired) electrons. The zero-order chi connectivity index (χ0) is 41.9. The molecule has 3 heterocycles. The SMILES string of the molecule is CCC[C@H]1N(C(=O)c2cnccc2C(F)(F)F)CCC[C@@]1(Oc1ccc(C(F)(F)F)cc1)C(=O)N1CCC(O)(c2ccccc2OCCCC2(C(=O)O)CCC2)CC1. The Kier molecular flexibility index (Phi) is 12.4. The van der Waals surface area contributed by atoms with E-state index in [1.54, 1.807) is 31.2 Å². The van der Waals surface area contributed by atoms with Crippen LogP contribution in [0.15, 0.2) is 67.0 Å². The number of nitrogens with zero attached hydrogens (tertiary/aromatic N) is 3. The van der Waals surface area contributed by atoms with E-state index in [2.05, 4.69) is 4.98 Å². The van der Waals surface area contributed by atoms with Crippen LogP contribution in [0.25, 0.3) is 0 Å². The number of hydrogen-bond acceptors (Lipinski definition) is 7. The van der Waals surface area contributed by atoms with Crippen LogP contribution in [0.4, 0.5) is 26.3 Å². The number of hydrogen-bond donors (Lipinski definition) is 2. The molecule has 2 saturated heterocycles. The van der Waals surface area contributed by atoms with E-state index in [1.165, 1.54) is 9.80 Å². The molecule has 16 heteroatoms. The minimum atomic E-state index is -4.89. The number of ether oxygens (including phenoxy) is 2. The highest BCUT2D eigenvalue weighted by molar-refractivity contribution is 5.97. The standard InChI is InChI=1S/C42H47F6N3O7/c1-2-8-34-40(58-29-13-11-28(12-14-29)41(43,44)45,19-6-23-51(34)35(52)30-27-49-22-15-31(30)42(46,47)48)36(53)50-24-20-39(56,21-25-50)32-9-3-4-10-33(32)57-26-7-18-38(37(54)55)16-5-17-38/h3-4,9-15,22,27,34,56H,2,5-8,16-21,23-26H2,1H3,(H,54,55)/t34-,40+/m1/s1. The number of halogens is 6. The van der Waals surface area contributed by atoms with Crippen molar-refractivity contribution in [1.29, 1.82) is 0 Å². The lowest BCUT2D eigenvalue weighted by Crippen LogP contribution is -2.68. The molecule has 3 aromatic rings. The number of likely N-dealkylation sites (tertiary alicyclic amines) is 2. The fourth-order valence-electron chi connectivity index (χ4n) is 8.65. The van der Waals surface area contributed by atoms with E-state index in [0.717, 1.165) is 43.1 Å². The lowest BCUT2D eigenvalue weighted by Gasteiger charge is -2.51. The minimum absolute atomic E-state index is 0.00107. The Hall–Kier alpha value is -4.86. The van der Waals surface area contributed by atoms with Crippen molar-refractivity contribution >= 4 is 17.8 Å². The summed E-state index contributed by atoms with van der Waals surface area (Å²) >= 11 is 0. The Bertz CT molecular complexity index is 1940. The van der Waals surface area contributed by atoms with E-state index >= 15 is 4.79 Å². The van der Waals surface area contributed by atoms with Crippen molar-refractivity contribution in [1.82, 2.24) is 14.8 Å². The molecule has 0 spiro atoms. The van der Waals surface area contributed by atoms with Crippen LogP contribution in [-0.4, -0.2) is 80.7 Å². The van der Waals surface area contributed by atoms with Crippen LogP contribution in [0.1, 0.15) is 105 Å². The molecule has 1 saturated carbocycles. The molecule has 1 aliphatic carbocycles. The molecule has 314 valence electrons. The molecule has 0 unspecified atom stereocenters. The monoisotopic (exact) mass is 819 g/mol. The number of alkyl halides is 6. The number of aromatic nitrogens is 1. The maximum atomic E-state index is 15.0. The second-order valence-electron chi connectivity index (χ2n) is 15.6. The van der Waals surface area contributed by atoms with E-state index in [-0.39, 0.29) is 64.1 Å². The number of rotatable bonds is 13. The summed E-state index contributed by atoms with van der Waals surface area (Å²) < 4.78 is 95.4. The normalized spacial score (nSPS) is 21.8. The fourth-order valence-corrected chi connectivity index (χ4v) is 8.65. The average molecular weight is 820 g/mol. The average Bonchev–Trinajstić information content (AvgIpc) is 3.17. The van der Waals surface area contributed by atoms with Gasteiger partial charge in [0.1, 0.15) is 11.5 Å². The van der Waals surface area contributed by atoms with E-state index in [4.69, 9.17) is 9.47 Å². The van der Waals surface area contributed by atoms with Gasteiger partial charge in [0.05, 0.1) is 40.4 Å². The van der Waals surface area contributed by atoms with Gasteiger partial charge in [-0.2, -0.15) is 26.3 Å². The van der Waals surface area contributed by atoms with Gasteiger partial charge in [-0.25, -0.2) is 0 Å². The number of amides is 2. The first-order valence-electron chi connectivity index (χ1n) is 19.6. The predicted octanol–water partition coefficient (Wildman–Crippen LogP) is 8.27. The highest BCUT2D eigenvalue weighted by Gasteiger charge is 2.56. The highest BCUT2D eigenvalue weighted by atomic mass is 19.4. The summed E-state index contributed by atoms with van der Waals surface area (Å²) in [5, 5.41) is 21.7. The number of benzene rings is 2. The van der Waals surface area contributed by atoms with E-state index in [9.17, 15) is 46.1 Å². The van der Waals surface area contributed by atoms with Crippen molar-refractivity contribution in [3.63, 3.8) is 0 Å². The summed E-state index contributed by atoms with van der Waals surface area (Å²) in [6, 6.07) is 10.2. The van der Waals surface area contributed by atoms with Crippen LogP contribution in [0.2, 0.25) is 0 Å². The summed E-state index contributed by atoms with van der Waals surface area (Å²) in [5.41, 5.74) is -6.46. The Morgan fingerprint density at radius 3 is 2.17 bits per heavy atom. The van der Waals surface area contributed by atoms with Crippen molar-refractivity contribution in [2.75, 3.05) is 26.2 Å². The topological polar surface area (TPSA) is 130 Å². The molecule has 3 aliphatic rings. The van der Waals surface area contributed by atoms with Gasteiger partial charge in [-0.05, 0) is 87.8 Å². The summed E-state index contributed by atoms with van der Waals surface area (Å²) in [6.45, 7) is 1.98. The number of aliphatic carboxylic acids is 1. The number of carboxylic acids is 1. The Morgan fingerprint density at radius 2 is 1.57 bits per heavy atom. The van der Waals surface area contributed by atoms with E-state index < -0.39 is 69.5 Å². The Balaban J connectivity index is 1.27. The maximum Gasteiger partial charge on any atom is 0.417 e. The lowest BCUT2D eigenvalue weighted by molar-refractivity contribution is -0.163. The third-order valence-electron chi connectivity index (χ3n) is 12.0. The second-order valence-corrected chi connectivity index (χ2v) is 15.6. The number of para-hydroxylation sites is 1. The van der Waals surface area contributed by atoms with Gasteiger partial charge >= 0.3 is 18.3 Å². The summed E-state index contributed by atoms with van der Waals surface area (Å²) in [5.74, 6) is -2.11. The molecule has 10 nitrogen and oxygen atoms in total. The molecule has 2 aromatic carbocycles. The van der Waals surface area contributed by atoms with Crippen LogP contribution in [0.5, 0.6) is 11.5 Å². The van der Waals surface area contributed by atoms with Gasteiger partial charge in [0.15, 0.2) is 0 Å². The Labute approximate surface area is 332 Å². The van der Waals surface area contributed by atoms with Crippen molar-refractivity contribution in [2.24, 2.45) is 5.41 Å². The van der Waals surface area contributed by atoms with Crippen molar-refractivity contribution < 1.29 is 60.4 Å². The predicted molar refractivity (Wildman–Crippen MR) is 198 cm³/mol. The molecule has 2 N–H and O–H groups in total. The zero-order valence-corrected chi connectivity index (χ0v) is 32.1. The second kappa shape index (κ2) is 16.8. The van der Waals surface area contributed by atoms with Crippen LogP contribution in [-0.2, 0) is 27.5 Å². The van der Waals surface area contributed by atoms with Crippen molar-refractivity contribution in [3.05, 3.63) is 89.2 Å². The van der Waals surface area contributed by atoms with Crippen LogP contribution >= 0.6 is 0 Å². The van der Waals surface area contributed by atoms with Crippen molar-refractivity contribution in [2.45, 2.75) is 107 Å². The van der Waals surface area contributed by atoms with Gasteiger partial charge in [-0.15, -0.1) is 0 Å².